The molecule has 0 bridgehead atoms. The molecule has 0 saturated carbocycles. The first-order chi connectivity index (χ1) is 7.72. The maximum absolute atomic E-state index is 5.84. The van der Waals surface area contributed by atoms with Crippen molar-refractivity contribution in [2.24, 2.45) is 5.73 Å². The Morgan fingerprint density at radius 1 is 1.38 bits per heavy atom. The van der Waals surface area contributed by atoms with E-state index in [1.54, 1.807) is 0 Å². The van der Waals surface area contributed by atoms with Gasteiger partial charge in [0.15, 0.2) is 0 Å². The zero-order valence-corrected chi connectivity index (χ0v) is 11.0. The Morgan fingerprint density at radius 2 is 2.12 bits per heavy atom. The van der Waals surface area contributed by atoms with Gasteiger partial charge in [-0.3, -0.25) is 9.80 Å². The normalized spacial score (nSPS) is 29.7. The van der Waals surface area contributed by atoms with Crippen LogP contribution in [0, 0.1) is 0 Å². The van der Waals surface area contributed by atoms with Crippen LogP contribution in [0.1, 0.15) is 32.6 Å². The Balaban J connectivity index is 2.01. The summed E-state index contributed by atoms with van der Waals surface area (Å²) in [5, 5.41) is 0. The molecule has 0 radical (unpaired) electrons. The standard InChI is InChI=1S/C12H23N3S/c1-2-11(12(13)16)15-8-4-7-14-6-3-5-10(14)9-15/h10-11H,2-9H2,1H3,(H2,13,16). The lowest BCUT2D eigenvalue weighted by atomic mass is 10.1. The minimum absolute atomic E-state index is 0.315. The lowest BCUT2D eigenvalue weighted by Crippen LogP contribution is -2.47. The highest BCUT2D eigenvalue weighted by molar-refractivity contribution is 7.80. The molecule has 0 aromatic carbocycles. The molecule has 2 unspecified atom stereocenters. The topological polar surface area (TPSA) is 32.5 Å². The molecule has 0 amide bonds. The summed E-state index contributed by atoms with van der Waals surface area (Å²) in [6, 6.07) is 1.07. The summed E-state index contributed by atoms with van der Waals surface area (Å²) in [5.41, 5.74) is 5.84. The number of fused-ring (bicyclic) bond motifs is 1. The molecule has 2 atom stereocenters. The third kappa shape index (κ3) is 2.55. The van der Waals surface area contributed by atoms with Gasteiger partial charge in [-0.1, -0.05) is 19.1 Å². The van der Waals surface area contributed by atoms with E-state index in [2.05, 4.69) is 16.7 Å². The van der Waals surface area contributed by atoms with Crippen molar-refractivity contribution in [2.75, 3.05) is 26.2 Å². The van der Waals surface area contributed by atoms with Crippen molar-refractivity contribution in [3.05, 3.63) is 0 Å². The molecule has 92 valence electrons. The highest BCUT2D eigenvalue weighted by atomic mass is 32.1. The second kappa shape index (κ2) is 5.43. The number of hydrogen-bond donors (Lipinski definition) is 1. The molecule has 2 saturated heterocycles. The van der Waals surface area contributed by atoms with E-state index in [1.165, 1.54) is 32.4 Å². The average molecular weight is 241 g/mol. The molecule has 0 aromatic heterocycles. The van der Waals surface area contributed by atoms with Crippen molar-refractivity contribution in [1.82, 2.24) is 9.80 Å². The fourth-order valence-corrected chi connectivity index (χ4v) is 3.47. The van der Waals surface area contributed by atoms with Gasteiger partial charge >= 0.3 is 0 Å². The maximum Gasteiger partial charge on any atom is 0.0901 e. The Labute approximate surface area is 104 Å². The lowest BCUT2D eigenvalue weighted by Gasteiger charge is -2.31. The Morgan fingerprint density at radius 3 is 2.81 bits per heavy atom. The summed E-state index contributed by atoms with van der Waals surface area (Å²) < 4.78 is 0. The van der Waals surface area contributed by atoms with Crippen LogP contribution in [-0.2, 0) is 0 Å². The summed E-state index contributed by atoms with van der Waals surface area (Å²) in [6.45, 7) is 7.05. The van der Waals surface area contributed by atoms with Crippen LogP contribution >= 0.6 is 12.2 Å². The van der Waals surface area contributed by atoms with E-state index in [0.29, 0.717) is 11.0 Å². The van der Waals surface area contributed by atoms with Gasteiger partial charge in [0.25, 0.3) is 0 Å². The van der Waals surface area contributed by atoms with Gasteiger partial charge in [-0.05, 0) is 38.8 Å². The molecule has 0 aliphatic carbocycles. The predicted molar refractivity (Wildman–Crippen MR) is 71.6 cm³/mol. The first-order valence-electron chi connectivity index (χ1n) is 6.49. The van der Waals surface area contributed by atoms with Crippen LogP contribution in [0.5, 0.6) is 0 Å². The molecule has 16 heavy (non-hydrogen) atoms. The molecule has 2 N–H and O–H groups in total. The molecule has 0 spiro atoms. The predicted octanol–water partition coefficient (Wildman–Crippen LogP) is 1.22. The Hall–Kier alpha value is -0.190. The highest BCUT2D eigenvalue weighted by Gasteiger charge is 2.31. The zero-order chi connectivity index (χ0) is 11.5. The van der Waals surface area contributed by atoms with E-state index in [-0.39, 0.29) is 0 Å². The SMILES string of the molecule is CCC(C(N)=S)N1CCCN2CCCC2C1. The number of nitrogens with two attached hydrogens (primary N) is 1. The average Bonchev–Trinajstić information content (AvgIpc) is 2.58. The highest BCUT2D eigenvalue weighted by Crippen LogP contribution is 2.22. The van der Waals surface area contributed by atoms with E-state index in [0.717, 1.165) is 25.6 Å². The lowest BCUT2D eigenvalue weighted by molar-refractivity contribution is 0.201. The molecule has 2 rings (SSSR count). The smallest absolute Gasteiger partial charge is 0.0901 e. The molecule has 4 heteroatoms. The van der Waals surface area contributed by atoms with Crippen LogP contribution in [0.15, 0.2) is 0 Å². The molecule has 2 fully saturated rings. The van der Waals surface area contributed by atoms with E-state index in [9.17, 15) is 0 Å². The number of rotatable bonds is 3. The third-order valence-corrected chi connectivity index (χ3v) is 4.26. The van der Waals surface area contributed by atoms with Crippen molar-refractivity contribution in [3.63, 3.8) is 0 Å². The second-order valence-electron chi connectivity index (χ2n) is 5.01. The van der Waals surface area contributed by atoms with Crippen molar-refractivity contribution in [2.45, 2.75) is 44.7 Å². The van der Waals surface area contributed by atoms with Crippen LogP contribution in [0.3, 0.4) is 0 Å². The van der Waals surface area contributed by atoms with Crippen LogP contribution in [0.25, 0.3) is 0 Å². The van der Waals surface area contributed by atoms with E-state index >= 15 is 0 Å². The Kier molecular flexibility index (Phi) is 4.16. The number of thiocarbonyl (C=S) groups is 1. The van der Waals surface area contributed by atoms with E-state index in [1.807, 2.05) is 0 Å². The van der Waals surface area contributed by atoms with Crippen LogP contribution in [0.2, 0.25) is 0 Å². The zero-order valence-electron chi connectivity index (χ0n) is 10.2. The molecule has 2 aliphatic heterocycles. The van der Waals surface area contributed by atoms with Crippen molar-refractivity contribution in [3.8, 4) is 0 Å². The second-order valence-corrected chi connectivity index (χ2v) is 5.48. The van der Waals surface area contributed by atoms with Gasteiger partial charge in [0, 0.05) is 19.1 Å². The van der Waals surface area contributed by atoms with Gasteiger partial charge < -0.3 is 5.73 Å². The summed E-state index contributed by atoms with van der Waals surface area (Å²) in [5.74, 6) is 0. The summed E-state index contributed by atoms with van der Waals surface area (Å²) in [6.07, 6.45) is 5.02. The van der Waals surface area contributed by atoms with Crippen LogP contribution in [0.4, 0.5) is 0 Å². The van der Waals surface area contributed by atoms with Crippen LogP contribution < -0.4 is 5.73 Å². The molecular formula is C12H23N3S. The molecule has 0 aromatic rings. The molecule has 2 heterocycles. The van der Waals surface area contributed by atoms with Gasteiger partial charge in [-0.2, -0.15) is 0 Å². The van der Waals surface area contributed by atoms with Crippen molar-refractivity contribution < 1.29 is 0 Å². The molecular weight excluding hydrogens is 218 g/mol. The summed E-state index contributed by atoms with van der Waals surface area (Å²) in [4.78, 5) is 5.83. The van der Waals surface area contributed by atoms with Gasteiger partial charge in [-0.15, -0.1) is 0 Å². The monoisotopic (exact) mass is 241 g/mol. The third-order valence-electron chi connectivity index (χ3n) is 3.99. The number of hydrogen-bond acceptors (Lipinski definition) is 3. The fraction of sp³-hybridized carbons (Fsp3) is 0.917. The maximum atomic E-state index is 5.84. The minimum Gasteiger partial charge on any atom is -0.392 e. The summed E-state index contributed by atoms with van der Waals surface area (Å²) >= 11 is 5.18. The number of nitrogens with zero attached hydrogens (tertiary/aromatic N) is 2. The first kappa shape index (κ1) is 12.3. The van der Waals surface area contributed by atoms with E-state index in [4.69, 9.17) is 18.0 Å². The first-order valence-corrected chi connectivity index (χ1v) is 6.90. The molecule has 3 nitrogen and oxygen atoms in total. The Bertz CT molecular complexity index is 257. The summed E-state index contributed by atoms with van der Waals surface area (Å²) in [7, 11) is 0. The van der Waals surface area contributed by atoms with Gasteiger partial charge in [0.1, 0.15) is 0 Å². The minimum atomic E-state index is 0.315. The molecule has 2 aliphatic rings. The quantitative estimate of drug-likeness (QED) is 0.753. The van der Waals surface area contributed by atoms with Gasteiger partial charge in [0.05, 0.1) is 11.0 Å². The van der Waals surface area contributed by atoms with Crippen LogP contribution in [-0.4, -0.2) is 53.1 Å². The largest absolute Gasteiger partial charge is 0.392 e. The fourth-order valence-electron chi connectivity index (χ4n) is 3.16. The van der Waals surface area contributed by atoms with Crippen molar-refractivity contribution >= 4 is 17.2 Å². The van der Waals surface area contributed by atoms with E-state index < -0.39 is 0 Å². The van der Waals surface area contributed by atoms with Crippen molar-refractivity contribution in [1.29, 1.82) is 0 Å². The van der Waals surface area contributed by atoms with Gasteiger partial charge in [-0.25, -0.2) is 0 Å². The van der Waals surface area contributed by atoms with Gasteiger partial charge in [0.2, 0.25) is 0 Å².